The smallest absolute Gasteiger partial charge is 0.360 e. The average molecular weight is 262 g/mol. The maximum absolute atomic E-state index is 11.5. The molecule has 0 amide bonds. The summed E-state index contributed by atoms with van der Waals surface area (Å²) in [7, 11) is 1.63. The van der Waals surface area contributed by atoms with E-state index in [1.165, 1.54) is 0 Å². The van der Waals surface area contributed by atoms with Crippen molar-refractivity contribution in [1.82, 2.24) is 15.0 Å². The van der Waals surface area contributed by atoms with Crippen LogP contribution in [-0.4, -0.2) is 41.3 Å². The average Bonchev–Trinajstić information content (AvgIpc) is 2.73. The third-order valence-corrected chi connectivity index (χ3v) is 2.40. The molecule has 0 saturated carbocycles. The molecular weight excluding hydrogens is 246 g/mol. The summed E-state index contributed by atoms with van der Waals surface area (Å²) in [6.07, 6.45) is 0.784. The van der Waals surface area contributed by atoms with Gasteiger partial charge in [0.2, 0.25) is 0 Å². The first-order valence-corrected chi connectivity index (χ1v) is 5.92. The molecule has 0 aliphatic carbocycles. The maximum atomic E-state index is 11.5. The Labute approximate surface area is 105 Å². The molecule has 0 spiro atoms. The van der Waals surface area contributed by atoms with Gasteiger partial charge in [0.15, 0.2) is 5.69 Å². The van der Waals surface area contributed by atoms with Gasteiger partial charge >= 0.3 is 5.97 Å². The van der Waals surface area contributed by atoms with E-state index < -0.39 is 5.97 Å². The number of methoxy groups -OCH3 is 1. The fourth-order valence-corrected chi connectivity index (χ4v) is 1.63. The van der Waals surface area contributed by atoms with E-state index in [2.05, 4.69) is 10.3 Å². The second kappa shape index (κ2) is 7.24. The van der Waals surface area contributed by atoms with Crippen molar-refractivity contribution in [3.8, 4) is 0 Å². The van der Waals surface area contributed by atoms with Crippen molar-refractivity contribution in [2.24, 2.45) is 0 Å². The standard InChI is InChI=1S/C10H16ClN3O3/c1-3-17-10(15)9-8(7-11)14(13-12-9)5-4-6-16-2/h3-7H2,1-2H3. The predicted octanol–water partition coefficient (Wildman–Crippen LogP) is 1.23. The zero-order valence-electron chi connectivity index (χ0n) is 9.98. The molecule has 0 unspecified atom stereocenters. The van der Waals surface area contributed by atoms with Crippen molar-refractivity contribution in [3.05, 3.63) is 11.4 Å². The van der Waals surface area contributed by atoms with E-state index in [4.69, 9.17) is 21.1 Å². The van der Waals surface area contributed by atoms with Crippen LogP contribution in [-0.2, 0) is 21.9 Å². The molecule has 1 heterocycles. The quantitative estimate of drug-likeness (QED) is 0.420. The van der Waals surface area contributed by atoms with Gasteiger partial charge in [-0.05, 0) is 13.3 Å². The summed E-state index contributed by atoms with van der Waals surface area (Å²) >= 11 is 5.80. The Morgan fingerprint density at radius 1 is 1.53 bits per heavy atom. The molecular formula is C10H16ClN3O3. The van der Waals surface area contributed by atoms with Crippen LogP contribution in [0.5, 0.6) is 0 Å². The number of esters is 1. The largest absolute Gasteiger partial charge is 0.461 e. The molecule has 7 heteroatoms. The lowest BCUT2D eigenvalue weighted by Crippen LogP contribution is -2.10. The summed E-state index contributed by atoms with van der Waals surface area (Å²) in [5, 5.41) is 7.69. The number of hydrogen-bond acceptors (Lipinski definition) is 5. The summed E-state index contributed by atoms with van der Waals surface area (Å²) in [5.41, 5.74) is 0.778. The number of rotatable bonds is 7. The van der Waals surface area contributed by atoms with E-state index in [0.29, 0.717) is 25.5 Å². The number of alkyl halides is 1. The lowest BCUT2D eigenvalue weighted by Gasteiger charge is -2.04. The Hall–Kier alpha value is -1.14. The van der Waals surface area contributed by atoms with E-state index in [1.54, 1.807) is 18.7 Å². The lowest BCUT2D eigenvalue weighted by atomic mass is 10.3. The highest BCUT2D eigenvalue weighted by Crippen LogP contribution is 2.11. The van der Waals surface area contributed by atoms with Crippen molar-refractivity contribution in [2.75, 3.05) is 20.3 Å². The van der Waals surface area contributed by atoms with Gasteiger partial charge < -0.3 is 9.47 Å². The summed E-state index contributed by atoms with van der Waals surface area (Å²) in [6.45, 7) is 3.27. The second-order valence-corrected chi connectivity index (χ2v) is 3.58. The number of ether oxygens (including phenoxy) is 2. The molecule has 0 radical (unpaired) electrons. The van der Waals surface area contributed by atoms with Gasteiger partial charge in [-0.2, -0.15) is 0 Å². The molecule has 0 N–H and O–H groups in total. The van der Waals surface area contributed by atoms with Crippen molar-refractivity contribution in [3.63, 3.8) is 0 Å². The summed E-state index contributed by atoms with van der Waals surface area (Å²) in [6, 6.07) is 0. The molecule has 96 valence electrons. The number of carbonyl (C=O) groups excluding carboxylic acids is 1. The minimum atomic E-state index is -0.485. The van der Waals surface area contributed by atoms with E-state index in [0.717, 1.165) is 6.42 Å². The topological polar surface area (TPSA) is 66.2 Å². The van der Waals surface area contributed by atoms with Crippen LogP contribution >= 0.6 is 11.6 Å². The van der Waals surface area contributed by atoms with Gasteiger partial charge in [0, 0.05) is 20.3 Å². The first kappa shape index (κ1) is 13.9. The maximum Gasteiger partial charge on any atom is 0.360 e. The Balaban J connectivity index is 2.76. The van der Waals surface area contributed by atoms with Crippen molar-refractivity contribution < 1.29 is 14.3 Å². The molecule has 6 nitrogen and oxygen atoms in total. The number of aromatic nitrogens is 3. The fourth-order valence-electron chi connectivity index (χ4n) is 1.36. The van der Waals surface area contributed by atoms with Crippen LogP contribution in [0.4, 0.5) is 0 Å². The summed E-state index contributed by atoms with van der Waals surface area (Å²) < 4.78 is 11.4. The first-order chi connectivity index (χ1) is 8.24. The van der Waals surface area contributed by atoms with Crippen LogP contribution in [0.3, 0.4) is 0 Å². The monoisotopic (exact) mass is 261 g/mol. The highest BCUT2D eigenvalue weighted by Gasteiger charge is 2.19. The zero-order chi connectivity index (χ0) is 12.7. The van der Waals surface area contributed by atoms with Crippen LogP contribution in [0, 0.1) is 0 Å². The van der Waals surface area contributed by atoms with Gasteiger partial charge in [-0.3, -0.25) is 0 Å². The van der Waals surface area contributed by atoms with Gasteiger partial charge in [-0.1, -0.05) is 5.21 Å². The lowest BCUT2D eigenvalue weighted by molar-refractivity contribution is 0.0518. The van der Waals surface area contributed by atoms with E-state index in [9.17, 15) is 4.79 Å². The summed E-state index contributed by atoms with van der Waals surface area (Å²) in [5.74, 6) is -0.310. The molecule has 0 fully saturated rings. The minimum Gasteiger partial charge on any atom is -0.461 e. The SMILES string of the molecule is CCOC(=O)c1nnn(CCCOC)c1CCl. The van der Waals surface area contributed by atoms with Crippen LogP contribution in [0.1, 0.15) is 29.5 Å². The van der Waals surface area contributed by atoms with Gasteiger partial charge in [0.05, 0.1) is 18.2 Å². The predicted molar refractivity (Wildman–Crippen MR) is 62.0 cm³/mol. The zero-order valence-corrected chi connectivity index (χ0v) is 10.7. The van der Waals surface area contributed by atoms with Crippen LogP contribution in [0.15, 0.2) is 0 Å². The number of nitrogens with zero attached hydrogens (tertiary/aromatic N) is 3. The minimum absolute atomic E-state index is 0.175. The van der Waals surface area contributed by atoms with E-state index in [-0.39, 0.29) is 11.6 Å². The highest BCUT2D eigenvalue weighted by molar-refractivity contribution is 6.17. The molecule has 0 bridgehead atoms. The Kier molecular flexibility index (Phi) is 5.93. The molecule has 0 atom stereocenters. The van der Waals surface area contributed by atoms with Gasteiger partial charge in [-0.25, -0.2) is 9.48 Å². The van der Waals surface area contributed by atoms with Crippen LogP contribution in [0.2, 0.25) is 0 Å². The van der Waals surface area contributed by atoms with Crippen molar-refractivity contribution in [2.45, 2.75) is 25.8 Å². The van der Waals surface area contributed by atoms with Crippen LogP contribution in [0.25, 0.3) is 0 Å². The normalized spacial score (nSPS) is 10.5. The molecule has 0 aliphatic heterocycles. The number of aryl methyl sites for hydroxylation is 1. The Morgan fingerprint density at radius 2 is 2.29 bits per heavy atom. The molecule has 1 rings (SSSR count). The number of halogens is 1. The van der Waals surface area contributed by atoms with Gasteiger partial charge in [0.1, 0.15) is 0 Å². The molecule has 17 heavy (non-hydrogen) atoms. The molecule has 1 aromatic heterocycles. The Bertz CT molecular complexity index is 368. The second-order valence-electron chi connectivity index (χ2n) is 3.31. The molecule has 0 aliphatic rings. The number of hydrogen-bond donors (Lipinski definition) is 0. The third-order valence-electron chi connectivity index (χ3n) is 2.15. The van der Waals surface area contributed by atoms with E-state index >= 15 is 0 Å². The number of carbonyl (C=O) groups is 1. The van der Waals surface area contributed by atoms with Gasteiger partial charge in [0.25, 0.3) is 0 Å². The summed E-state index contributed by atoms with van der Waals surface area (Å²) in [4.78, 5) is 11.5. The van der Waals surface area contributed by atoms with E-state index in [1.807, 2.05) is 0 Å². The van der Waals surface area contributed by atoms with Crippen LogP contribution < -0.4 is 0 Å². The Morgan fingerprint density at radius 3 is 2.88 bits per heavy atom. The molecule has 0 aromatic carbocycles. The molecule has 1 aromatic rings. The van der Waals surface area contributed by atoms with Crippen molar-refractivity contribution >= 4 is 17.6 Å². The highest BCUT2D eigenvalue weighted by atomic mass is 35.5. The van der Waals surface area contributed by atoms with Crippen molar-refractivity contribution in [1.29, 1.82) is 0 Å². The third kappa shape index (κ3) is 3.67. The molecule has 0 saturated heterocycles. The first-order valence-electron chi connectivity index (χ1n) is 5.39. The fraction of sp³-hybridized carbons (Fsp3) is 0.700. The van der Waals surface area contributed by atoms with Gasteiger partial charge in [-0.15, -0.1) is 16.7 Å².